The van der Waals surface area contributed by atoms with Gasteiger partial charge in [0.1, 0.15) is 0 Å². The molecular weight excluding hydrogens is 319 g/mol. The second-order valence-corrected chi connectivity index (χ2v) is 4.80. The predicted molar refractivity (Wildman–Crippen MR) is 69.4 cm³/mol. The Balaban J connectivity index is 2.34. The zero-order chi connectivity index (χ0) is 11.7. The summed E-state index contributed by atoms with van der Waals surface area (Å²) in [5.41, 5.74) is 1.93. The molecule has 1 aromatic carbocycles. The van der Waals surface area contributed by atoms with Gasteiger partial charge in [-0.15, -0.1) is 0 Å². The Morgan fingerprint density at radius 3 is 2.81 bits per heavy atom. The number of hydrogen-bond acceptors (Lipinski definition) is 2. The lowest BCUT2D eigenvalue weighted by atomic mass is 10.1. The van der Waals surface area contributed by atoms with Gasteiger partial charge in [-0.25, -0.2) is 4.79 Å². The van der Waals surface area contributed by atoms with E-state index in [4.69, 9.17) is 0 Å². The van der Waals surface area contributed by atoms with Crippen LogP contribution in [0.3, 0.4) is 0 Å². The molecule has 16 heavy (non-hydrogen) atoms. The lowest BCUT2D eigenvalue weighted by molar-refractivity contribution is -0.120. The number of carbonyl (C=O) groups excluding carboxylic acids is 2. The molecule has 1 saturated heterocycles. The molecule has 0 aromatic heterocycles. The minimum absolute atomic E-state index is 0.204. The van der Waals surface area contributed by atoms with Crippen LogP contribution >= 0.6 is 22.6 Å². The van der Waals surface area contributed by atoms with Crippen molar-refractivity contribution in [1.82, 2.24) is 5.32 Å². The molecule has 0 aliphatic carbocycles. The maximum absolute atomic E-state index is 11.7. The van der Waals surface area contributed by atoms with Gasteiger partial charge in [0.25, 0.3) is 0 Å². The number of carbonyl (C=O) groups is 2. The smallest absolute Gasteiger partial charge is 0.293 e. The average Bonchev–Trinajstić information content (AvgIpc) is 2.23. The lowest BCUT2D eigenvalue weighted by Gasteiger charge is -2.28. The van der Waals surface area contributed by atoms with Gasteiger partial charge in [-0.1, -0.05) is 6.07 Å². The van der Waals surface area contributed by atoms with Crippen molar-refractivity contribution in [1.29, 1.82) is 0 Å². The van der Waals surface area contributed by atoms with Crippen LogP contribution in [0.25, 0.3) is 0 Å². The Bertz CT molecular complexity index is 459. The van der Waals surface area contributed by atoms with E-state index in [1.807, 2.05) is 25.1 Å². The first-order valence-corrected chi connectivity index (χ1v) is 6.04. The zero-order valence-corrected chi connectivity index (χ0v) is 10.9. The molecule has 1 heterocycles. The van der Waals surface area contributed by atoms with Crippen molar-refractivity contribution >= 4 is 40.2 Å². The summed E-state index contributed by atoms with van der Waals surface area (Å²) in [7, 11) is 0. The molecule has 1 aromatic rings. The van der Waals surface area contributed by atoms with Crippen molar-refractivity contribution in [2.45, 2.75) is 13.3 Å². The summed E-state index contributed by atoms with van der Waals surface area (Å²) in [6.45, 7) is 2.42. The number of hydrogen-bond donors (Lipinski definition) is 1. The van der Waals surface area contributed by atoms with Crippen molar-refractivity contribution in [3.63, 3.8) is 0 Å². The molecule has 3 amide bonds. The Hall–Kier alpha value is -1.11. The molecule has 84 valence electrons. The second kappa shape index (κ2) is 4.40. The van der Waals surface area contributed by atoms with E-state index in [9.17, 15) is 9.59 Å². The van der Waals surface area contributed by atoms with E-state index in [1.165, 1.54) is 0 Å². The minimum Gasteiger partial charge on any atom is -0.293 e. The molecule has 0 bridgehead atoms. The summed E-state index contributed by atoms with van der Waals surface area (Å²) in [4.78, 5) is 24.3. The summed E-state index contributed by atoms with van der Waals surface area (Å²) >= 11 is 2.23. The normalized spacial score (nSPS) is 16.2. The van der Waals surface area contributed by atoms with Gasteiger partial charge in [0, 0.05) is 22.2 Å². The van der Waals surface area contributed by atoms with Gasteiger partial charge < -0.3 is 0 Å². The van der Waals surface area contributed by atoms with Gasteiger partial charge in [0.05, 0.1) is 0 Å². The molecular formula is C11H11IN2O2. The maximum Gasteiger partial charge on any atom is 0.328 e. The average molecular weight is 330 g/mol. The van der Waals surface area contributed by atoms with Crippen LogP contribution in [-0.4, -0.2) is 18.5 Å². The largest absolute Gasteiger partial charge is 0.328 e. The number of halogens is 1. The van der Waals surface area contributed by atoms with E-state index in [2.05, 4.69) is 27.9 Å². The van der Waals surface area contributed by atoms with E-state index >= 15 is 0 Å². The number of nitrogens with one attached hydrogen (secondary N) is 1. The van der Waals surface area contributed by atoms with Crippen LogP contribution in [0.5, 0.6) is 0 Å². The number of nitrogens with zero attached hydrogens (tertiary/aromatic N) is 1. The van der Waals surface area contributed by atoms with Crippen molar-refractivity contribution in [3.8, 4) is 0 Å². The van der Waals surface area contributed by atoms with E-state index < -0.39 is 0 Å². The van der Waals surface area contributed by atoms with Crippen molar-refractivity contribution in [3.05, 3.63) is 27.3 Å². The highest BCUT2D eigenvalue weighted by Gasteiger charge is 2.25. The highest BCUT2D eigenvalue weighted by Crippen LogP contribution is 2.25. The van der Waals surface area contributed by atoms with Crippen LogP contribution in [0.4, 0.5) is 10.5 Å². The molecule has 4 nitrogen and oxygen atoms in total. The molecule has 1 fully saturated rings. The first-order valence-electron chi connectivity index (χ1n) is 4.96. The third kappa shape index (κ3) is 2.04. The van der Waals surface area contributed by atoms with E-state index in [-0.39, 0.29) is 11.9 Å². The van der Waals surface area contributed by atoms with E-state index in [0.29, 0.717) is 13.0 Å². The van der Waals surface area contributed by atoms with E-state index in [0.717, 1.165) is 14.8 Å². The van der Waals surface area contributed by atoms with E-state index in [1.54, 1.807) is 4.90 Å². The number of urea groups is 1. The Kier molecular flexibility index (Phi) is 3.13. The molecule has 1 N–H and O–H groups in total. The van der Waals surface area contributed by atoms with Crippen LogP contribution in [-0.2, 0) is 4.79 Å². The van der Waals surface area contributed by atoms with Crippen LogP contribution < -0.4 is 10.2 Å². The van der Waals surface area contributed by atoms with Gasteiger partial charge >= 0.3 is 6.03 Å². The first kappa shape index (κ1) is 11.4. The molecule has 5 heteroatoms. The van der Waals surface area contributed by atoms with Crippen molar-refractivity contribution in [2.75, 3.05) is 11.4 Å². The monoisotopic (exact) mass is 330 g/mol. The quantitative estimate of drug-likeness (QED) is 0.801. The number of amides is 3. The number of imide groups is 1. The fourth-order valence-electron chi connectivity index (χ4n) is 1.68. The third-order valence-electron chi connectivity index (χ3n) is 2.58. The van der Waals surface area contributed by atoms with Gasteiger partial charge in [-0.3, -0.25) is 15.0 Å². The SMILES string of the molecule is Cc1c(I)cccc1N1CCC(=O)NC1=O. The van der Waals surface area contributed by atoms with Gasteiger partial charge in [-0.2, -0.15) is 0 Å². The third-order valence-corrected chi connectivity index (χ3v) is 3.75. The number of rotatable bonds is 1. The lowest BCUT2D eigenvalue weighted by Crippen LogP contribution is -2.49. The van der Waals surface area contributed by atoms with Crippen LogP contribution in [0.2, 0.25) is 0 Å². The summed E-state index contributed by atoms with van der Waals surface area (Å²) in [6, 6.07) is 5.47. The van der Waals surface area contributed by atoms with Crippen LogP contribution in [0, 0.1) is 10.5 Å². The standard InChI is InChI=1S/C11H11IN2O2/c1-7-8(12)3-2-4-9(7)14-6-5-10(15)13-11(14)16/h2-4H,5-6H2,1H3,(H,13,15,16). The summed E-state index contributed by atoms with van der Waals surface area (Å²) in [6.07, 6.45) is 0.358. The first-order chi connectivity index (χ1) is 7.59. The van der Waals surface area contributed by atoms with Gasteiger partial charge in [0.15, 0.2) is 0 Å². The molecule has 0 unspecified atom stereocenters. The Morgan fingerprint density at radius 2 is 2.12 bits per heavy atom. The van der Waals surface area contributed by atoms with Crippen LogP contribution in [0.15, 0.2) is 18.2 Å². The number of anilines is 1. The summed E-state index contributed by atoms with van der Waals surface area (Å²) in [5.74, 6) is -0.204. The maximum atomic E-state index is 11.7. The topological polar surface area (TPSA) is 49.4 Å². The fraction of sp³-hybridized carbons (Fsp3) is 0.273. The van der Waals surface area contributed by atoms with Gasteiger partial charge in [-0.05, 0) is 47.2 Å². The molecule has 1 aliphatic heterocycles. The zero-order valence-electron chi connectivity index (χ0n) is 8.79. The highest BCUT2D eigenvalue weighted by atomic mass is 127. The van der Waals surface area contributed by atoms with Crippen molar-refractivity contribution in [2.24, 2.45) is 0 Å². The minimum atomic E-state index is -0.332. The molecule has 0 radical (unpaired) electrons. The predicted octanol–water partition coefficient (Wildman–Crippen LogP) is 2.05. The summed E-state index contributed by atoms with van der Waals surface area (Å²) in [5, 5.41) is 2.32. The number of benzene rings is 1. The fourth-order valence-corrected chi connectivity index (χ4v) is 2.17. The molecule has 1 aliphatic rings. The van der Waals surface area contributed by atoms with Crippen LogP contribution in [0.1, 0.15) is 12.0 Å². The molecule has 0 spiro atoms. The van der Waals surface area contributed by atoms with Gasteiger partial charge in [0.2, 0.25) is 5.91 Å². The second-order valence-electron chi connectivity index (χ2n) is 3.64. The molecule has 0 saturated carbocycles. The summed E-state index contributed by atoms with van der Waals surface area (Å²) < 4.78 is 1.11. The molecule has 0 atom stereocenters. The Morgan fingerprint density at radius 1 is 1.38 bits per heavy atom. The molecule has 2 rings (SSSR count). The Labute approximate surface area is 107 Å². The van der Waals surface area contributed by atoms with Crippen molar-refractivity contribution < 1.29 is 9.59 Å². The highest BCUT2D eigenvalue weighted by molar-refractivity contribution is 14.1.